The molecule has 164 valence electrons. The van der Waals surface area contributed by atoms with Crippen LogP contribution in [-0.4, -0.2) is 32.9 Å². The predicted octanol–water partition coefficient (Wildman–Crippen LogP) is 5.17. The van der Waals surface area contributed by atoms with Crippen LogP contribution in [0, 0.1) is 0 Å². The SMILES string of the molecule is CCC(O)(C=CC=C(C)c1cccc(OCc2ccc(C(=O)O)c(C(=O)O)c2)c1)CC. The Morgan fingerprint density at radius 3 is 2.29 bits per heavy atom. The van der Waals surface area contributed by atoms with Gasteiger partial charge in [-0.1, -0.05) is 50.3 Å². The Morgan fingerprint density at radius 1 is 1.00 bits per heavy atom. The molecule has 0 bridgehead atoms. The summed E-state index contributed by atoms with van der Waals surface area (Å²) in [5, 5.41) is 28.7. The molecule has 0 radical (unpaired) electrons. The summed E-state index contributed by atoms with van der Waals surface area (Å²) < 4.78 is 5.79. The summed E-state index contributed by atoms with van der Waals surface area (Å²) in [6, 6.07) is 11.6. The largest absolute Gasteiger partial charge is 0.489 e. The summed E-state index contributed by atoms with van der Waals surface area (Å²) in [4.78, 5) is 22.5. The average molecular weight is 424 g/mol. The van der Waals surface area contributed by atoms with Crippen molar-refractivity contribution in [3.05, 3.63) is 82.9 Å². The molecule has 0 amide bonds. The van der Waals surface area contributed by atoms with Gasteiger partial charge in [0.2, 0.25) is 0 Å². The van der Waals surface area contributed by atoms with Gasteiger partial charge in [0.25, 0.3) is 0 Å². The number of allylic oxidation sites excluding steroid dienone is 3. The second-order valence-corrected chi connectivity index (χ2v) is 7.33. The maximum absolute atomic E-state index is 11.3. The normalized spacial score (nSPS) is 12.2. The van der Waals surface area contributed by atoms with Gasteiger partial charge in [-0.25, -0.2) is 9.59 Å². The summed E-state index contributed by atoms with van der Waals surface area (Å²) in [6.07, 6.45) is 6.88. The van der Waals surface area contributed by atoms with Crippen molar-refractivity contribution in [2.75, 3.05) is 0 Å². The fourth-order valence-corrected chi connectivity index (χ4v) is 3.00. The number of rotatable bonds is 10. The highest BCUT2D eigenvalue weighted by Gasteiger charge is 2.17. The van der Waals surface area contributed by atoms with Crippen molar-refractivity contribution in [3.63, 3.8) is 0 Å². The van der Waals surface area contributed by atoms with Gasteiger partial charge in [-0.3, -0.25) is 0 Å². The first-order chi connectivity index (χ1) is 14.7. The Hall–Kier alpha value is -3.38. The number of hydrogen-bond donors (Lipinski definition) is 3. The molecule has 0 aliphatic rings. The molecule has 0 heterocycles. The summed E-state index contributed by atoms with van der Waals surface area (Å²) in [6.45, 7) is 5.95. The molecule has 0 saturated heterocycles. The van der Waals surface area contributed by atoms with Gasteiger partial charge in [0.1, 0.15) is 12.4 Å². The van der Waals surface area contributed by atoms with E-state index >= 15 is 0 Å². The zero-order chi connectivity index (χ0) is 23.0. The van der Waals surface area contributed by atoms with E-state index in [-0.39, 0.29) is 17.7 Å². The molecule has 0 saturated carbocycles. The molecule has 0 aliphatic heterocycles. The van der Waals surface area contributed by atoms with Crippen LogP contribution in [0.3, 0.4) is 0 Å². The Morgan fingerprint density at radius 2 is 1.68 bits per heavy atom. The summed E-state index contributed by atoms with van der Waals surface area (Å²) in [7, 11) is 0. The van der Waals surface area contributed by atoms with Crippen LogP contribution in [0.5, 0.6) is 5.75 Å². The lowest BCUT2D eigenvalue weighted by Crippen LogP contribution is -2.22. The minimum absolute atomic E-state index is 0.104. The Labute approximate surface area is 182 Å². The van der Waals surface area contributed by atoms with E-state index in [0.717, 1.165) is 11.1 Å². The lowest BCUT2D eigenvalue weighted by atomic mass is 9.96. The molecule has 0 fully saturated rings. The third-order valence-corrected chi connectivity index (χ3v) is 5.22. The number of aliphatic hydroxyl groups is 1. The highest BCUT2D eigenvalue weighted by atomic mass is 16.5. The lowest BCUT2D eigenvalue weighted by molar-refractivity contribution is 0.0651. The zero-order valence-electron chi connectivity index (χ0n) is 18.0. The van der Waals surface area contributed by atoms with E-state index in [1.165, 1.54) is 18.2 Å². The van der Waals surface area contributed by atoms with Crippen LogP contribution < -0.4 is 4.74 Å². The molecular formula is C25H28O6. The maximum Gasteiger partial charge on any atom is 0.336 e. The average Bonchev–Trinajstić information content (AvgIpc) is 2.77. The van der Waals surface area contributed by atoms with Gasteiger partial charge < -0.3 is 20.1 Å². The van der Waals surface area contributed by atoms with Gasteiger partial charge >= 0.3 is 11.9 Å². The van der Waals surface area contributed by atoms with Gasteiger partial charge in [-0.15, -0.1) is 0 Å². The molecule has 0 spiro atoms. The van der Waals surface area contributed by atoms with E-state index < -0.39 is 17.5 Å². The van der Waals surface area contributed by atoms with Crippen molar-refractivity contribution in [2.24, 2.45) is 0 Å². The molecule has 2 rings (SSSR count). The summed E-state index contributed by atoms with van der Waals surface area (Å²) in [5.41, 5.74) is 1.17. The number of carboxylic acid groups (broad SMARTS) is 2. The van der Waals surface area contributed by atoms with E-state index in [0.29, 0.717) is 24.2 Å². The van der Waals surface area contributed by atoms with Crippen LogP contribution in [0.15, 0.2) is 60.7 Å². The van der Waals surface area contributed by atoms with Crippen LogP contribution in [-0.2, 0) is 6.61 Å². The molecule has 6 heteroatoms. The standard InChI is InChI=1S/C25H28O6/c1-4-25(30,5-2)13-7-8-17(3)19-9-6-10-20(15-19)31-16-18-11-12-21(23(26)27)22(14-18)24(28)29/h6-15,30H,4-5,16H2,1-3H3,(H,26,27)(H,28,29). The summed E-state index contributed by atoms with van der Waals surface area (Å²) >= 11 is 0. The fourth-order valence-electron chi connectivity index (χ4n) is 3.00. The number of carbonyl (C=O) groups is 2. The second-order valence-electron chi connectivity index (χ2n) is 7.33. The van der Waals surface area contributed by atoms with Crippen LogP contribution in [0.4, 0.5) is 0 Å². The van der Waals surface area contributed by atoms with Crippen molar-refractivity contribution in [1.29, 1.82) is 0 Å². The molecular weight excluding hydrogens is 396 g/mol. The molecule has 2 aromatic rings. The van der Waals surface area contributed by atoms with Crippen LogP contribution in [0.25, 0.3) is 5.57 Å². The number of hydrogen-bond acceptors (Lipinski definition) is 4. The van der Waals surface area contributed by atoms with Crippen LogP contribution in [0.1, 0.15) is 65.5 Å². The highest BCUT2D eigenvalue weighted by Crippen LogP contribution is 2.22. The predicted molar refractivity (Wildman–Crippen MR) is 119 cm³/mol. The van der Waals surface area contributed by atoms with E-state index in [2.05, 4.69) is 0 Å². The Bertz CT molecular complexity index is 999. The third-order valence-electron chi connectivity index (χ3n) is 5.22. The van der Waals surface area contributed by atoms with Crippen molar-refractivity contribution in [2.45, 2.75) is 45.8 Å². The van der Waals surface area contributed by atoms with Gasteiger partial charge in [0, 0.05) is 0 Å². The molecule has 0 unspecified atom stereocenters. The van der Waals surface area contributed by atoms with E-state index in [9.17, 15) is 19.8 Å². The number of ether oxygens (including phenoxy) is 1. The smallest absolute Gasteiger partial charge is 0.336 e. The topological polar surface area (TPSA) is 104 Å². The number of carboxylic acids is 2. The van der Waals surface area contributed by atoms with Gasteiger partial charge in [-0.2, -0.15) is 0 Å². The molecule has 31 heavy (non-hydrogen) atoms. The second kappa shape index (κ2) is 10.6. The monoisotopic (exact) mass is 424 g/mol. The van der Waals surface area contributed by atoms with E-state index in [1.54, 1.807) is 12.1 Å². The molecule has 6 nitrogen and oxygen atoms in total. The van der Waals surface area contributed by atoms with Crippen molar-refractivity contribution in [1.82, 2.24) is 0 Å². The van der Waals surface area contributed by atoms with Crippen LogP contribution in [0.2, 0.25) is 0 Å². The summed E-state index contributed by atoms with van der Waals surface area (Å²) in [5.74, 6) is -1.98. The number of benzene rings is 2. The minimum atomic E-state index is -1.30. The van der Waals surface area contributed by atoms with Crippen molar-refractivity contribution in [3.8, 4) is 5.75 Å². The minimum Gasteiger partial charge on any atom is -0.489 e. The molecule has 0 aromatic heterocycles. The Kier molecular flexibility index (Phi) is 8.16. The first-order valence-electron chi connectivity index (χ1n) is 10.1. The molecule has 2 aromatic carbocycles. The van der Waals surface area contributed by atoms with Crippen molar-refractivity contribution >= 4 is 17.5 Å². The van der Waals surface area contributed by atoms with Gasteiger partial charge in [0.05, 0.1) is 16.7 Å². The lowest BCUT2D eigenvalue weighted by Gasteiger charge is -2.19. The quantitative estimate of drug-likeness (QED) is 0.455. The highest BCUT2D eigenvalue weighted by molar-refractivity contribution is 6.01. The number of aromatic carboxylic acids is 2. The maximum atomic E-state index is 11.3. The van der Waals surface area contributed by atoms with Crippen LogP contribution >= 0.6 is 0 Å². The van der Waals surface area contributed by atoms with Gasteiger partial charge in [-0.05, 0) is 60.7 Å². The zero-order valence-corrected chi connectivity index (χ0v) is 18.0. The molecule has 0 atom stereocenters. The van der Waals surface area contributed by atoms with Gasteiger partial charge in [0.15, 0.2) is 0 Å². The molecule has 0 aliphatic carbocycles. The van der Waals surface area contributed by atoms with E-state index in [1.807, 2.05) is 51.1 Å². The first kappa shape index (κ1) is 23.9. The van der Waals surface area contributed by atoms with Crippen molar-refractivity contribution < 1.29 is 29.6 Å². The third kappa shape index (κ3) is 6.55. The Balaban J connectivity index is 2.13. The molecule has 3 N–H and O–H groups in total. The fraction of sp³-hybridized carbons (Fsp3) is 0.280. The first-order valence-corrected chi connectivity index (χ1v) is 10.1. The van der Waals surface area contributed by atoms with E-state index in [4.69, 9.17) is 9.84 Å².